The SMILES string of the molecule is O=C(c1cc(S(=O)(=O)N2CCCC2)ccc1Cl)N1CCC[C@@H](c2nc3ccccc3s2)C1. The van der Waals surface area contributed by atoms with Crippen LogP contribution in [0, 0.1) is 0 Å². The largest absolute Gasteiger partial charge is 0.338 e. The molecule has 0 unspecified atom stereocenters. The van der Waals surface area contributed by atoms with Crippen molar-refractivity contribution in [3.63, 3.8) is 0 Å². The first-order valence-electron chi connectivity index (χ1n) is 10.9. The summed E-state index contributed by atoms with van der Waals surface area (Å²) >= 11 is 8.04. The summed E-state index contributed by atoms with van der Waals surface area (Å²) < 4.78 is 28.6. The highest BCUT2D eigenvalue weighted by Crippen LogP contribution is 2.34. The van der Waals surface area contributed by atoms with Gasteiger partial charge in [0.15, 0.2) is 0 Å². The van der Waals surface area contributed by atoms with E-state index in [4.69, 9.17) is 16.6 Å². The van der Waals surface area contributed by atoms with Crippen LogP contribution >= 0.6 is 22.9 Å². The maximum atomic E-state index is 13.4. The molecular formula is C23H24ClN3O3S2. The van der Waals surface area contributed by atoms with E-state index in [0.717, 1.165) is 40.9 Å². The zero-order chi connectivity index (χ0) is 22.3. The third kappa shape index (κ3) is 4.05. The minimum absolute atomic E-state index is 0.131. The van der Waals surface area contributed by atoms with E-state index >= 15 is 0 Å². The number of rotatable bonds is 4. The normalized spacial score (nSPS) is 20.2. The van der Waals surface area contributed by atoms with Crippen LogP contribution in [0.3, 0.4) is 0 Å². The van der Waals surface area contributed by atoms with Crippen LogP contribution in [-0.2, 0) is 10.0 Å². The van der Waals surface area contributed by atoms with Crippen LogP contribution < -0.4 is 0 Å². The summed E-state index contributed by atoms with van der Waals surface area (Å²) in [6.45, 7) is 2.21. The highest BCUT2D eigenvalue weighted by molar-refractivity contribution is 7.89. The van der Waals surface area contributed by atoms with Gasteiger partial charge in [0.25, 0.3) is 5.91 Å². The molecule has 2 saturated heterocycles. The first kappa shape index (κ1) is 21.8. The van der Waals surface area contributed by atoms with Crippen molar-refractivity contribution in [3.8, 4) is 0 Å². The van der Waals surface area contributed by atoms with E-state index in [0.29, 0.717) is 26.2 Å². The molecule has 1 atom stereocenters. The summed E-state index contributed by atoms with van der Waals surface area (Å²) in [4.78, 5) is 20.1. The van der Waals surface area contributed by atoms with Gasteiger partial charge in [-0.25, -0.2) is 13.4 Å². The first-order valence-corrected chi connectivity index (χ1v) is 13.5. The second-order valence-electron chi connectivity index (χ2n) is 8.36. The number of amides is 1. The van der Waals surface area contributed by atoms with Crippen LogP contribution in [0.2, 0.25) is 5.02 Å². The molecular weight excluding hydrogens is 466 g/mol. The van der Waals surface area contributed by atoms with Crippen molar-refractivity contribution >= 4 is 49.1 Å². The number of aromatic nitrogens is 1. The van der Waals surface area contributed by atoms with Gasteiger partial charge in [0.2, 0.25) is 10.0 Å². The third-order valence-corrected chi connectivity index (χ3v) is 9.66. The molecule has 6 nitrogen and oxygen atoms in total. The number of para-hydroxylation sites is 1. The Balaban J connectivity index is 1.39. The molecule has 1 amide bonds. The minimum Gasteiger partial charge on any atom is -0.338 e. The molecule has 2 aliphatic rings. The Hall–Kier alpha value is -2.00. The molecule has 2 aromatic carbocycles. The Kier molecular flexibility index (Phi) is 5.96. The molecule has 0 N–H and O–H groups in total. The number of carbonyl (C=O) groups excluding carboxylic acids is 1. The summed E-state index contributed by atoms with van der Waals surface area (Å²) in [7, 11) is -3.62. The number of hydrogen-bond acceptors (Lipinski definition) is 5. The fourth-order valence-electron chi connectivity index (χ4n) is 4.50. The van der Waals surface area contributed by atoms with E-state index < -0.39 is 10.0 Å². The topological polar surface area (TPSA) is 70.6 Å². The maximum Gasteiger partial charge on any atom is 0.255 e. The van der Waals surface area contributed by atoms with Gasteiger partial charge in [0.05, 0.1) is 30.7 Å². The van der Waals surface area contributed by atoms with Crippen molar-refractivity contribution in [1.82, 2.24) is 14.2 Å². The number of fused-ring (bicyclic) bond motifs is 1. The fourth-order valence-corrected chi connectivity index (χ4v) is 7.34. The van der Waals surface area contributed by atoms with Crippen molar-refractivity contribution in [3.05, 3.63) is 58.1 Å². The Morgan fingerprint density at radius 2 is 1.84 bits per heavy atom. The van der Waals surface area contributed by atoms with Gasteiger partial charge in [0.1, 0.15) is 0 Å². The minimum atomic E-state index is -3.62. The number of halogens is 1. The van der Waals surface area contributed by atoms with Crippen molar-refractivity contribution < 1.29 is 13.2 Å². The quantitative estimate of drug-likeness (QED) is 0.530. The molecule has 2 fully saturated rings. The van der Waals surface area contributed by atoms with E-state index in [2.05, 4.69) is 6.07 Å². The van der Waals surface area contributed by atoms with Gasteiger partial charge in [-0.15, -0.1) is 11.3 Å². The number of nitrogens with zero attached hydrogens (tertiary/aromatic N) is 3. The van der Waals surface area contributed by atoms with Gasteiger partial charge < -0.3 is 4.90 Å². The number of piperidine rings is 1. The lowest BCUT2D eigenvalue weighted by Gasteiger charge is -2.32. The molecule has 3 heterocycles. The number of benzene rings is 2. The lowest BCUT2D eigenvalue weighted by atomic mass is 9.98. The van der Waals surface area contributed by atoms with Crippen LogP contribution in [0.15, 0.2) is 47.4 Å². The van der Waals surface area contributed by atoms with Crippen molar-refractivity contribution in [2.24, 2.45) is 0 Å². The lowest BCUT2D eigenvalue weighted by molar-refractivity contribution is 0.0707. The summed E-state index contributed by atoms with van der Waals surface area (Å²) in [6.07, 6.45) is 3.56. The van der Waals surface area contributed by atoms with E-state index in [1.165, 1.54) is 22.5 Å². The van der Waals surface area contributed by atoms with Crippen LogP contribution in [0.4, 0.5) is 0 Å². The van der Waals surface area contributed by atoms with E-state index in [1.54, 1.807) is 16.2 Å². The second kappa shape index (κ2) is 8.74. The summed E-state index contributed by atoms with van der Waals surface area (Å²) in [5.41, 5.74) is 1.23. The molecule has 32 heavy (non-hydrogen) atoms. The van der Waals surface area contributed by atoms with Crippen LogP contribution in [0.5, 0.6) is 0 Å². The highest BCUT2D eigenvalue weighted by atomic mass is 35.5. The Morgan fingerprint density at radius 1 is 1.06 bits per heavy atom. The monoisotopic (exact) mass is 489 g/mol. The fraction of sp³-hybridized carbons (Fsp3) is 0.391. The zero-order valence-corrected chi connectivity index (χ0v) is 19.9. The second-order valence-corrected chi connectivity index (χ2v) is 11.8. The molecule has 0 bridgehead atoms. The lowest BCUT2D eigenvalue weighted by Crippen LogP contribution is -2.39. The van der Waals surface area contributed by atoms with Crippen LogP contribution in [0.25, 0.3) is 10.2 Å². The Morgan fingerprint density at radius 3 is 2.62 bits per heavy atom. The Labute approximate surface area is 196 Å². The van der Waals surface area contributed by atoms with Gasteiger partial charge >= 0.3 is 0 Å². The number of likely N-dealkylation sites (tertiary alicyclic amines) is 1. The average Bonchev–Trinajstić information content (AvgIpc) is 3.49. The smallest absolute Gasteiger partial charge is 0.255 e. The number of thiazole rings is 1. The van der Waals surface area contributed by atoms with Crippen molar-refractivity contribution in [2.75, 3.05) is 26.2 Å². The molecule has 3 aromatic rings. The highest BCUT2D eigenvalue weighted by Gasteiger charge is 2.31. The molecule has 0 spiro atoms. The van der Waals surface area contributed by atoms with Gasteiger partial charge in [-0.3, -0.25) is 4.79 Å². The third-order valence-electron chi connectivity index (χ3n) is 6.24. The van der Waals surface area contributed by atoms with Crippen molar-refractivity contribution in [1.29, 1.82) is 0 Å². The molecule has 0 saturated carbocycles. The van der Waals surface area contributed by atoms with Gasteiger partial charge in [-0.05, 0) is 56.0 Å². The summed E-state index contributed by atoms with van der Waals surface area (Å²) in [6, 6.07) is 12.5. The standard InChI is InChI=1S/C23H24ClN3O3S2/c24-19-10-9-17(32(29,30)27-12-3-4-13-27)14-18(19)23(28)26-11-5-6-16(15-26)22-25-20-7-1-2-8-21(20)31-22/h1-2,7-10,14,16H,3-6,11-13,15H2/t16-/m1/s1. The summed E-state index contributed by atoms with van der Waals surface area (Å²) in [5, 5.41) is 1.32. The molecule has 0 radical (unpaired) electrons. The van der Waals surface area contributed by atoms with E-state index in [-0.39, 0.29) is 27.3 Å². The van der Waals surface area contributed by atoms with E-state index in [1.807, 2.05) is 18.2 Å². The van der Waals surface area contributed by atoms with Gasteiger partial charge in [-0.2, -0.15) is 4.31 Å². The van der Waals surface area contributed by atoms with Crippen LogP contribution in [0.1, 0.15) is 47.0 Å². The number of sulfonamides is 1. The number of carbonyl (C=O) groups is 1. The molecule has 0 aliphatic carbocycles. The number of hydrogen-bond donors (Lipinski definition) is 0. The molecule has 9 heteroatoms. The molecule has 5 rings (SSSR count). The zero-order valence-electron chi connectivity index (χ0n) is 17.5. The average molecular weight is 490 g/mol. The van der Waals surface area contributed by atoms with Crippen molar-refractivity contribution in [2.45, 2.75) is 36.5 Å². The predicted molar refractivity (Wildman–Crippen MR) is 127 cm³/mol. The Bertz CT molecular complexity index is 1240. The van der Waals surface area contributed by atoms with Gasteiger partial charge in [0, 0.05) is 32.1 Å². The summed E-state index contributed by atoms with van der Waals surface area (Å²) in [5.74, 6) is -0.0559. The molecule has 168 valence electrons. The molecule has 2 aliphatic heterocycles. The molecule has 1 aromatic heterocycles. The predicted octanol–water partition coefficient (Wildman–Crippen LogP) is 4.75. The first-order chi connectivity index (χ1) is 15.4. The maximum absolute atomic E-state index is 13.4. The van der Waals surface area contributed by atoms with Crippen LogP contribution in [-0.4, -0.2) is 54.7 Å². The van der Waals surface area contributed by atoms with Gasteiger partial charge in [-0.1, -0.05) is 23.7 Å². The van der Waals surface area contributed by atoms with E-state index in [9.17, 15) is 13.2 Å².